The van der Waals surface area contributed by atoms with Crippen molar-refractivity contribution in [3.63, 3.8) is 0 Å². The van der Waals surface area contributed by atoms with Crippen LogP contribution in [0.25, 0.3) is 5.65 Å². The number of aliphatic imine (C=N–C) groups is 1. The van der Waals surface area contributed by atoms with Crippen LogP contribution in [0, 0.1) is 11.6 Å². The Morgan fingerprint density at radius 3 is 2.88 bits per heavy atom. The second kappa shape index (κ2) is 8.37. The number of guanidine groups is 1. The van der Waals surface area contributed by atoms with E-state index in [-0.39, 0.29) is 12.1 Å². The van der Waals surface area contributed by atoms with Gasteiger partial charge in [-0.05, 0) is 36.8 Å². The van der Waals surface area contributed by atoms with Gasteiger partial charge in [-0.3, -0.25) is 9.39 Å². The van der Waals surface area contributed by atoms with E-state index >= 15 is 0 Å². The topological polar surface area (TPSA) is 66.6 Å². The average Bonchev–Trinajstić information content (AvgIpc) is 3.07. The summed E-state index contributed by atoms with van der Waals surface area (Å²) in [6, 6.07) is 9.16. The number of aromatic nitrogens is 3. The van der Waals surface area contributed by atoms with Crippen molar-refractivity contribution in [2.24, 2.45) is 4.99 Å². The summed E-state index contributed by atoms with van der Waals surface area (Å²) >= 11 is 0. The molecule has 0 aliphatic heterocycles. The van der Waals surface area contributed by atoms with Crippen molar-refractivity contribution >= 4 is 11.6 Å². The number of aryl methyl sites for hydroxylation is 1. The molecule has 2 N–H and O–H groups in total. The molecule has 0 amide bonds. The first-order chi connectivity index (χ1) is 12.7. The molecule has 2 heterocycles. The van der Waals surface area contributed by atoms with Gasteiger partial charge in [0.15, 0.2) is 11.6 Å². The molecule has 1 aromatic carbocycles. The normalized spacial score (nSPS) is 11.7. The fraction of sp³-hybridized carbons (Fsp3) is 0.278. The van der Waals surface area contributed by atoms with Crippen molar-refractivity contribution in [1.29, 1.82) is 0 Å². The van der Waals surface area contributed by atoms with Gasteiger partial charge in [0, 0.05) is 38.3 Å². The zero-order valence-corrected chi connectivity index (χ0v) is 14.4. The zero-order chi connectivity index (χ0) is 18.4. The third kappa shape index (κ3) is 4.33. The van der Waals surface area contributed by atoms with Crippen LogP contribution in [0.15, 0.2) is 47.6 Å². The number of fused-ring (bicyclic) bond motifs is 1. The van der Waals surface area contributed by atoms with Crippen molar-refractivity contribution < 1.29 is 8.78 Å². The highest BCUT2D eigenvalue weighted by Gasteiger charge is 2.06. The van der Waals surface area contributed by atoms with Crippen LogP contribution in [0.1, 0.15) is 17.8 Å². The monoisotopic (exact) mass is 358 g/mol. The van der Waals surface area contributed by atoms with Gasteiger partial charge in [-0.1, -0.05) is 6.07 Å². The highest BCUT2D eigenvalue weighted by Crippen LogP contribution is 2.09. The maximum atomic E-state index is 13.6. The lowest BCUT2D eigenvalue weighted by atomic mass is 10.2. The lowest BCUT2D eigenvalue weighted by molar-refractivity contribution is 0.581. The maximum absolute atomic E-state index is 13.6. The number of pyridine rings is 1. The van der Waals surface area contributed by atoms with Crippen LogP contribution in [0.2, 0.25) is 0 Å². The average molecular weight is 358 g/mol. The van der Waals surface area contributed by atoms with E-state index in [2.05, 4.69) is 25.8 Å². The summed E-state index contributed by atoms with van der Waals surface area (Å²) in [4.78, 5) is 4.08. The number of hydrogen-bond acceptors (Lipinski definition) is 3. The molecule has 8 heteroatoms. The van der Waals surface area contributed by atoms with E-state index < -0.39 is 11.6 Å². The molecular formula is C18H20F2N6. The third-order valence-corrected chi connectivity index (χ3v) is 3.93. The standard InChI is InChI=1S/C18H20F2N6/c1-21-18(23-12-13-11-14(19)7-8-15(13)20)22-9-4-6-17-25-24-16-5-2-3-10-26(16)17/h2-3,5,7-8,10-11H,4,6,9,12H2,1H3,(H2,21,22,23). The minimum Gasteiger partial charge on any atom is -0.356 e. The number of hydrogen-bond donors (Lipinski definition) is 2. The molecule has 0 unspecified atom stereocenters. The van der Waals surface area contributed by atoms with Crippen LogP contribution < -0.4 is 10.6 Å². The van der Waals surface area contributed by atoms with Crippen LogP contribution in [-0.2, 0) is 13.0 Å². The van der Waals surface area contributed by atoms with E-state index in [0.717, 1.165) is 36.4 Å². The van der Waals surface area contributed by atoms with E-state index in [4.69, 9.17) is 0 Å². The Balaban J connectivity index is 1.46. The quantitative estimate of drug-likeness (QED) is 0.403. The van der Waals surface area contributed by atoms with Gasteiger partial charge in [-0.25, -0.2) is 8.78 Å². The van der Waals surface area contributed by atoms with Crippen molar-refractivity contribution in [2.45, 2.75) is 19.4 Å². The summed E-state index contributed by atoms with van der Waals surface area (Å²) in [7, 11) is 1.63. The molecule has 6 nitrogen and oxygen atoms in total. The summed E-state index contributed by atoms with van der Waals surface area (Å²) in [6.45, 7) is 0.811. The molecule has 3 aromatic rings. The summed E-state index contributed by atoms with van der Waals surface area (Å²) in [5, 5.41) is 14.4. The highest BCUT2D eigenvalue weighted by molar-refractivity contribution is 5.79. The summed E-state index contributed by atoms with van der Waals surface area (Å²) in [6.07, 6.45) is 3.52. The zero-order valence-electron chi connectivity index (χ0n) is 14.4. The molecule has 2 aromatic heterocycles. The number of nitrogens with zero attached hydrogens (tertiary/aromatic N) is 4. The van der Waals surface area contributed by atoms with Gasteiger partial charge in [0.05, 0.1) is 0 Å². The van der Waals surface area contributed by atoms with Crippen molar-refractivity contribution in [1.82, 2.24) is 25.2 Å². The Morgan fingerprint density at radius 1 is 1.15 bits per heavy atom. The van der Waals surface area contributed by atoms with Crippen molar-refractivity contribution in [3.8, 4) is 0 Å². The number of rotatable bonds is 6. The Bertz CT molecular complexity index is 906. The number of benzene rings is 1. The van der Waals surface area contributed by atoms with E-state index in [9.17, 15) is 8.78 Å². The fourth-order valence-electron chi connectivity index (χ4n) is 2.59. The van der Waals surface area contributed by atoms with E-state index in [0.29, 0.717) is 12.5 Å². The highest BCUT2D eigenvalue weighted by atomic mass is 19.1. The van der Waals surface area contributed by atoms with Crippen molar-refractivity contribution in [3.05, 3.63) is 65.6 Å². The summed E-state index contributed by atoms with van der Waals surface area (Å²) < 4.78 is 28.8. The molecule has 0 atom stereocenters. The summed E-state index contributed by atoms with van der Waals surface area (Å²) in [5.41, 5.74) is 1.08. The SMILES string of the molecule is CN=C(NCCCc1nnc2ccccn12)NCc1cc(F)ccc1F. The molecule has 0 fully saturated rings. The van der Waals surface area contributed by atoms with E-state index in [1.807, 2.05) is 28.8 Å². The van der Waals surface area contributed by atoms with Gasteiger partial charge in [-0.2, -0.15) is 0 Å². The lowest BCUT2D eigenvalue weighted by Gasteiger charge is -2.12. The minimum atomic E-state index is -0.466. The van der Waals surface area contributed by atoms with Crippen LogP contribution in [0.5, 0.6) is 0 Å². The first-order valence-electron chi connectivity index (χ1n) is 8.34. The molecule has 136 valence electrons. The smallest absolute Gasteiger partial charge is 0.191 e. The Kier molecular flexibility index (Phi) is 5.73. The van der Waals surface area contributed by atoms with Crippen LogP contribution in [0.3, 0.4) is 0 Å². The van der Waals surface area contributed by atoms with Crippen LogP contribution in [0.4, 0.5) is 8.78 Å². The number of halogens is 2. The number of nitrogens with one attached hydrogen (secondary N) is 2. The summed E-state index contributed by atoms with van der Waals surface area (Å²) in [5.74, 6) is 0.506. The predicted molar refractivity (Wildman–Crippen MR) is 95.9 cm³/mol. The minimum absolute atomic E-state index is 0.151. The first-order valence-corrected chi connectivity index (χ1v) is 8.34. The molecule has 0 spiro atoms. The molecular weight excluding hydrogens is 338 g/mol. The lowest BCUT2D eigenvalue weighted by Crippen LogP contribution is -2.37. The maximum Gasteiger partial charge on any atom is 0.191 e. The molecule has 3 rings (SSSR count). The van der Waals surface area contributed by atoms with Gasteiger partial charge >= 0.3 is 0 Å². The largest absolute Gasteiger partial charge is 0.356 e. The molecule has 0 saturated heterocycles. The Labute approximate surface area is 150 Å². The molecule has 0 aliphatic carbocycles. The van der Waals surface area contributed by atoms with Gasteiger partial charge in [0.25, 0.3) is 0 Å². The van der Waals surface area contributed by atoms with Gasteiger partial charge in [-0.15, -0.1) is 10.2 Å². The second-order valence-electron chi connectivity index (χ2n) is 5.74. The third-order valence-electron chi connectivity index (χ3n) is 3.93. The Hall–Kier alpha value is -3.03. The molecule has 0 aliphatic rings. The van der Waals surface area contributed by atoms with Crippen molar-refractivity contribution in [2.75, 3.05) is 13.6 Å². The molecule has 0 saturated carbocycles. The van der Waals surface area contributed by atoms with E-state index in [1.54, 1.807) is 7.05 Å². The van der Waals surface area contributed by atoms with Crippen LogP contribution >= 0.6 is 0 Å². The van der Waals surface area contributed by atoms with E-state index in [1.165, 1.54) is 6.07 Å². The van der Waals surface area contributed by atoms with Crippen LogP contribution in [-0.4, -0.2) is 34.2 Å². The van der Waals surface area contributed by atoms with Gasteiger partial charge in [0.1, 0.15) is 17.5 Å². The second-order valence-corrected chi connectivity index (χ2v) is 5.74. The Morgan fingerprint density at radius 2 is 2.04 bits per heavy atom. The molecule has 0 radical (unpaired) electrons. The molecule has 0 bridgehead atoms. The molecule has 26 heavy (non-hydrogen) atoms. The fourth-order valence-corrected chi connectivity index (χ4v) is 2.59. The predicted octanol–water partition coefficient (Wildman–Crippen LogP) is 2.31. The van der Waals surface area contributed by atoms with Gasteiger partial charge < -0.3 is 10.6 Å². The van der Waals surface area contributed by atoms with Gasteiger partial charge in [0.2, 0.25) is 0 Å². The first kappa shape index (κ1) is 17.8.